The topological polar surface area (TPSA) is 26.3 Å². The zero-order valence-corrected chi connectivity index (χ0v) is 16.1. The van der Waals surface area contributed by atoms with E-state index in [0.717, 1.165) is 0 Å². The van der Waals surface area contributed by atoms with Gasteiger partial charge in [0.25, 0.3) is 0 Å². The Kier molecular flexibility index (Phi) is 6.35. The van der Waals surface area contributed by atoms with Crippen molar-refractivity contribution in [1.82, 2.24) is 0 Å². The highest BCUT2D eigenvalue weighted by Gasteiger charge is 2.42. The quantitative estimate of drug-likeness (QED) is 0.319. The molecule has 1 unspecified atom stereocenters. The van der Waals surface area contributed by atoms with Crippen molar-refractivity contribution in [2.45, 2.75) is 60.3 Å². The number of ether oxygens (including phenoxy) is 1. The minimum absolute atomic E-state index is 0.00582. The van der Waals surface area contributed by atoms with E-state index in [1.807, 2.05) is 20.8 Å². The minimum Gasteiger partial charge on any atom is -0.426 e. The SMILES string of the molecule is CC(C)C(C)(CC(C)(C)C)C(=O)Oc1cc(C(F)(F)F)cc(C(F)(F)F)c1. The van der Waals surface area contributed by atoms with Crippen LogP contribution in [-0.4, -0.2) is 5.97 Å². The lowest BCUT2D eigenvalue weighted by atomic mass is 9.69. The van der Waals surface area contributed by atoms with Crippen LogP contribution in [0.4, 0.5) is 26.3 Å². The summed E-state index contributed by atoms with van der Waals surface area (Å²) in [5.74, 6) is -1.88. The molecule has 1 atom stereocenters. The van der Waals surface area contributed by atoms with E-state index < -0.39 is 40.6 Å². The third-order valence-electron chi connectivity index (χ3n) is 4.41. The lowest BCUT2D eigenvalue weighted by molar-refractivity contribution is -0.151. The summed E-state index contributed by atoms with van der Waals surface area (Å²) in [5.41, 5.74) is -4.43. The fourth-order valence-electron chi connectivity index (χ4n) is 2.82. The lowest BCUT2D eigenvalue weighted by Gasteiger charge is -2.36. The van der Waals surface area contributed by atoms with Crippen molar-refractivity contribution in [2.24, 2.45) is 16.7 Å². The normalized spacial score (nSPS) is 15.6. The molecule has 27 heavy (non-hydrogen) atoms. The number of rotatable bonds is 4. The van der Waals surface area contributed by atoms with Crippen molar-refractivity contribution in [2.75, 3.05) is 0 Å². The van der Waals surface area contributed by atoms with Crippen molar-refractivity contribution < 1.29 is 35.9 Å². The largest absolute Gasteiger partial charge is 0.426 e. The molecule has 0 aromatic heterocycles. The summed E-state index contributed by atoms with van der Waals surface area (Å²) in [6, 6.07) is 0.810. The molecular formula is C19H24F6O2. The van der Waals surface area contributed by atoms with Crippen LogP contribution in [0.1, 0.15) is 59.1 Å². The van der Waals surface area contributed by atoms with E-state index in [1.165, 1.54) is 0 Å². The van der Waals surface area contributed by atoms with Gasteiger partial charge < -0.3 is 4.74 Å². The van der Waals surface area contributed by atoms with Gasteiger partial charge in [-0.25, -0.2) is 0 Å². The van der Waals surface area contributed by atoms with Gasteiger partial charge in [-0.3, -0.25) is 4.79 Å². The molecule has 1 aromatic rings. The minimum atomic E-state index is -5.00. The van der Waals surface area contributed by atoms with Crippen LogP contribution in [0.25, 0.3) is 0 Å². The predicted molar refractivity (Wildman–Crippen MR) is 89.1 cm³/mol. The molecule has 2 nitrogen and oxygen atoms in total. The molecule has 0 aliphatic heterocycles. The molecule has 0 fully saturated rings. The van der Waals surface area contributed by atoms with Crippen LogP contribution in [0.5, 0.6) is 5.75 Å². The van der Waals surface area contributed by atoms with Crippen LogP contribution in [0, 0.1) is 16.7 Å². The smallest absolute Gasteiger partial charge is 0.416 e. The first kappa shape index (κ1) is 23.3. The number of halogens is 6. The summed E-state index contributed by atoms with van der Waals surface area (Å²) >= 11 is 0. The van der Waals surface area contributed by atoms with Gasteiger partial charge >= 0.3 is 18.3 Å². The van der Waals surface area contributed by atoms with E-state index in [-0.39, 0.29) is 17.4 Å². The first-order valence-corrected chi connectivity index (χ1v) is 8.38. The van der Waals surface area contributed by atoms with Crippen LogP contribution in [0.3, 0.4) is 0 Å². The highest BCUT2D eigenvalue weighted by atomic mass is 19.4. The summed E-state index contributed by atoms with van der Waals surface area (Å²) in [6.07, 6.45) is -9.66. The van der Waals surface area contributed by atoms with Gasteiger partial charge in [0.05, 0.1) is 16.5 Å². The van der Waals surface area contributed by atoms with Gasteiger partial charge in [0.1, 0.15) is 5.75 Å². The van der Waals surface area contributed by atoms with Gasteiger partial charge in [0.15, 0.2) is 0 Å². The van der Waals surface area contributed by atoms with Crippen molar-refractivity contribution in [3.8, 4) is 5.75 Å². The highest BCUT2D eigenvalue weighted by Crippen LogP contribution is 2.42. The monoisotopic (exact) mass is 398 g/mol. The molecule has 0 aliphatic rings. The van der Waals surface area contributed by atoms with Crippen molar-refractivity contribution >= 4 is 5.97 Å². The van der Waals surface area contributed by atoms with Crippen LogP contribution >= 0.6 is 0 Å². The molecule has 0 spiro atoms. The molecule has 154 valence electrons. The molecule has 0 bridgehead atoms. The average molecular weight is 398 g/mol. The number of carbonyl (C=O) groups excluding carboxylic acids is 1. The molecule has 0 saturated heterocycles. The summed E-state index contributed by atoms with van der Waals surface area (Å²) < 4.78 is 82.7. The Morgan fingerprint density at radius 1 is 0.889 bits per heavy atom. The van der Waals surface area contributed by atoms with Crippen LogP contribution in [0.15, 0.2) is 18.2 Å². The van der Waals surface area contributed by atoms with E-state index in [0.29, 0.717) is 18.6 Å². The van der Waals surface area contributed by atoms with Crippen molar-refractivity contribution in [3.63, 3.8) is 0 Å². The Morgan fingerprint density at radius 3 is 1.59 bits per heavy atom. The van der Waals surface area contributed by atoms with Gasteiger partial charge in [-0.15, -0.1) is 0 Å². The molecule has 0 radical (unpaired) electrons. The molecule has 0 N–H and O–H groups in total. The van der Waals surface area contributed by atoms with E-state index in [2.05, 4.69) is 0 Å². The van der Waals surface area contributed by atoms with E-state index in [9.17, 15) is 31.1 Å². The maximum atomic E-state index is 13.0. The van der Waals surface area contributed by atoms with Gasteiger partial charge in [0.2, 0.25) is 0 Å². The van der Waals surface area contributed by atoms with Crippen molar-refractivity contribution in [3.05, 3.63) is 29.3 Å². The van der Waals surface area contributed by atoms with Crippen LogP contribution < -0.4 is 4.74 Å². The molecule has 0 saturated carbocycles. The second-order valence-electron chi connectivity index (χ2n) is 8.44. The van der Waals surface area contributed by atoms with Gasteiger partial charge in [-0.1, -0.05) is 34.6 Å². The Bertz CT molecular complexity index is 651. The molecule has 1 rings (SSSR count). The molecule has 0 amide bonds. The van der Waals surface area contributed by atoms with E-state index in [4.69, 9.17) is 4.74 Å². The Morgan fingerprint density at radius 2 is 1.30 bits per heavy atom. The van der Waals surface area contributed by atoms with Gasteiger partial charge in [0, 0.05) is 0 Å². The summed E-state index contributed by atoms with van der Waals surface area (Å²) in [7, 11) is 0. The number of carbonyl (C=O) groups is 1. The molecule has 1 aromatic carbocycles. The number of hydrogen-bond donors (Lipinski definition) is 0. The van der Waals surface area contributed by atoms with Gasteiger partial charge in [-0.2, -0.15) is 26.3 Å². The molecular weight excluding hydrogens is 374 g/mol. The fourth-order valence-corrected chi connectivity index (χ4v) is 2.82. The second kappa shape index (κ2) is 7.36. The number of esters is 1. The summed E-state index contributed by atoms with van der Waals surface area (Å²) in [4.78, 5) is 12.7. The van der Waals surface area contributed by atoms with E-state index in [1.54, 1.807) is 20.8 Å². The van der Waals surface area contributed by atoms with Crippen LogP contribution in [-0.2, 0) is 17.1 Å². The number of hydrogen-bond acceptors (Lipinski definition) is 2. The Labute approximate surface area is 154 Å². The third-order valence-corrected chi connectivity index (χ3v) is 4.41. The molecule has 0 heterocycles. The average Bonchev–Trinajstić information content (AvgIpc) is 2.42. The maximum Gasteiger partial charge on any atom is 0.416 e. The summed E-state index contributed by atoms with van der Waals surface area (Å²) in [5, 5.41) is 0. The maximum absolute atomic E-state index is 13.0. The van der Waals surface area contributed by atoms with Crippen molar-refractivity contribution in [1.29, 1.82) is 0 Å². The Hall–Kier alpha value is -1.73. The zero-order valence-electron chi connectivity index (χ0n) is 16.1. The molecule has 0 aliphatic carbocycles. The second-order valence-corrected chi connectivity index (χ2v) is 8.44. The van der Waals surface area contributed by atoms with E-state index >= 15 is 0 Å². The Balaban J connectivity index is 3.35. The fraction of sp³-hybridized carbons (Fsp3) is 0.632. The highest BCUT2D eigenvalue weighted by molar-refractivity contribution is 5.79. The van der Waals surface area contributed by atoms with Gasteiger partial charge in [-0.05, 0) is 42.9 Å². The summed E-state index contributed by atoms with van der Waals surface area (Å²) in [6.45, 7) is 10.7. The predicted octanol–water partition coefficient (Wildman–Crippen LogP) is 6.73. The van der Waals surface area contributed by atoms with Crippen LogP contribution in [0.2, 0.25) is 0 Å². The third kappa shape index (κ3) is 6.14. The molecule has 8 heteroatoms. The zero-order chi connectivity index (χ0) is 21.4. The first-order chi connectivity index (χ1) is 11.9. The first-order valence-electron chi connectivity index (χ1n) is 8.38. The standard InChI is InChI=1S/C19H24F6O2/c1-11(2)17(6,10-16(3,4)5)15(26)27-14-8-12(18(20,21)22)7-13(9-14)19(23,24)25/h7-9,11H,10H2,1-6H3. The lowest BCUT2D eigenvalue weighted by Crippen LogP contribution is -2.40. The number of alkyl halides is 6. The number of benzene rings is 1.